The van der Waals surface area contributed by atoms with E-state index in [4.69, 9.17) is 9.26 Å². The van der Waals surface area contributed by atoms with Crippen LogP contribution in [-0.2, 0) is 11.3 Å². The van der Waals surface area contributed by atoms with Crippen LogP contribution in [0.1, 0.15) is 36.2 Å². The van der Waals surface area contributed by atoms with Crippen LogP contribution in [-0.4, -0.2) is 52.9 Å². The number of aryl methyl sites for hydroxylation is 1. The summed E-state index contributed by atoms with van der Waals surface area (Å²) in [6, 6.07) is 4.32. The number of hydrogen-bond donors (Lipinski definition) is 0. The number of ether oxygens (including phenoxy) is 1. The van der Waals surface area contributed by atoms with Crippen LogP contribution >= 0.6 is 0 Å². The maximum absolute atomic E-state index is 5.61. The van der Waals surface area contributed by atoms with Crippen molar-refractivity contribution >= 4 is 5.82 Å². The van der Waals surface area contributed by atoms with Crippen molar-refractivity contribution in [3.63, 3.8) is 0 Å². The minimum absolute atomic E-state index is 0.0122. The molecule has 7 nitrogen and oxygen atoms in total. The fraction of sp³-hybridized carbons (Fsp3) is 0.588. The number of rotatable bonds is 4. The molecule has 0 aromatic carbocycles. The molecule has 24 heavy (non-hydrogen) atoms. The Bertz CT molecular complexity index is 666. The third-order valence-electron chi connectivity index (χ3n) is 4.69. The van der Waals surface area contributed by atoms with E-state index in [-0.39, 0.29) is 6.04 Å². The van der Waals surface area contributed by atoms with Crippen LogP contribution in [0.3, 0.4) is 0 Å². The lowest BCUT2D eigenvalue weighted by Gasteiger charge is -2.33. The van der Waals surface area contributed by atoms with Crippen LogP contribution in [0.25, 0.3) is 0 Å². The summed E-state index contributed by atoms with van der Waals surface area (Å²) in [5, 5.41) is 3.90. The summed E-state index contributed by atoms with van der Waals surface area (Å²) < 4.78 is 11.0. The summed E-state index contributed by atoms with van der Waals surface area (Å²) in [6.07, 6.45) is 4.52. The first-order valence-electron chi connectivity index (χ1n) is 8.61. The van der Waals surface area contributed by atoms with Crippen LogP contribution in [0.5, 0.6) is 0 Å². The highest BCUT2D eigenvalue weighted by atomic mass is 16.5. The maximum Gasteiger partial charge on any atom is 0.246 e. The molecule has 0 amide bonds. The molecule has 0 spiro atoms. The van der Waals surface area contributed by atoms with Gasteiger partial charge in [-0.1, -0.05) is 11.2 Å². The van der Waals surface area contributed by atoms with Gasteiger partial charge in [0, 0.05) is 32.4 Å². The monoisotopic (exact) mass is 329 g/mol. The van der Waals surface area contributed by atoms with Gasteiger partial charge in [0.05, 0.1) is 13.2 Å². The SMILES string of the molecule is Cc1noc(C2COCCN2Cc2ccc(N3CCCC3)nc2)n1. The van der Waals surface area contributed by atoms with Crippen molar-refractivity contribution in [2.75, 3.05) is 37.7 Å². The van der Waals surface area contributed by atoms with E-state index < -0.39 is 0 Å². The molecule has 2 fully saturated rings. The van der Waals surface area contributed by atoms with Crippen molar-refractivity contribution < 1.29 is 9.26 Å². The van der Waals surface area contributed by atoms with Crippen molar-refractivity contribution in [1.29, 1.82) is 0 Å². The zero-order valence-corrected chi connectivity index (χ0v) is 14.0. The van der Waals surface area contributed by atoms with Crippen molar-refractivity contribution in [1.82, 2.24) is 20.0 Å². The van der Waals surface area contributed by atoms with Gasteiger partial charge in [0.1, 0.15) is 11.9 Å². The average Bonchev–Trinajstić information content (AvgIpc) is 3.28. The molecule has 2 aromatic heterocycles. The van der Waals surface area contributed by atoms with Gasteiger partial charge in [-0.15, -0.1) is 0 Å². The van der Waals surface area contributed by atoms with Gasteiger partial charge in [0.15, 0.2) is 5.82 Å². The highest BCUT2D eigenvalue weighted by Crippen LogP contribution is 2.25. The van der Waals surface area contributed by atoms with E-state index in [1.54, 1.807) is 0 Å². The van der Waals surface area contributed by atoms with Crippen molar-refractivity contribution in [2.45, 2.75) is 32.4 Å². The Labute approximate surface area is 141 Å². The minimum Gasteiger partial charge on any atom is -0.378 e. The Kier molecular flexibility index (Phi) is 4.44. The predicted molar refractivity (Wildman–Crippen MR) is 88.7 cm³/mol. The fourth-order valence-electron chi connectivity index (χ4n) is 3.38. The molecular weight excluding hydrogens is 306 g/mol. The van der Waals surface area contributed by atoms with Gasteiger partial charge in [-0.05, 0) is 31.4 Å². The summed E-state index contributed by atoms with van der Waals surface area (Å²) in [4.78, 5) is 13.7. The van der Waals surface area contributed by atoms with E-state index >= 15 is 0 Å². The van der Waals surface area contributed by atoms with Crippen LogP contribution in [0.4, 0.5) is 5.82 Å². The maximum atomic E-state index is 5.61. The highest BCUT2D eigenvalue weighted by Gasteiger charge is 2.29. The second kappa shape index (κ2) is 6.86. The molecule has 0 bridgehead atoms. The molecule has 1 unspecified atom stereocenters. The summed E-state index contributed by atoms with van der Waals surface area (Å²) in [5.74, 6) is 2.38. The van der Waals surface area contributed by atoms with E-state index in [9.17, 15) is 0 Å². The second-order valence-corrected chi connectivity index (χ2v) is 6.46. The van der Waals surface area contributed by atoms with E-state index in [0.717, 1.165) is 38.6 Å². The van der Waals surface area contributed by atoms with Gasteiger partial charge in [0.25, 0.3) is 0 Å². The molecule has 1 atom stereocenters. The number of aromatic nitrogens is 3. The first-order valence-corrected chi connectivity index (χ1v) is 8.61. The van der Waals surface area contributed by atoms with Crippen LogP contribution < -0.4 is 4.90 Å². The van der Waals surface area contributed by atoms with Gasteiger partial charge in [-0.3, -0.25) is 4.90 Å². The molecule has 2 aliphatic rings. The van der Waals surface area contributed by atoms with Gasteiger partial charge in [-0.2, -0.15) is 4.98 Å². The zero-order valence-electron chi connectivity index (χ0n) is 14.0. The number of pyridine rings is 1. The normalized spacial score (nSPS) is 22.2. The van der Waals surface area contributed by atoms with Gasteiger partial charge >= 0.3 is 0 Å². The first kappa shape index (κ1) is 15.5. The smallest absolute Gasteiger partial charge is 0.246 e. The molecule has 2 aliphatic heterocycles. The lowest BCUT2D eigenvalue weighted by Crippen LogP contribution is -2.39. The molecule has 0 saturated carbocycles. The zero-order chi connectivity index (χ0) is 16.4. The van der Waals surface area contributed by atoms with E-state index in [2.05, 4.69) is 37.1 Å². The first-order chi connectivity index (χ1) is 11.8. The van der Waals surface area contributed by atoms with E-state index in [1.807, 2.05) is 13.1 Å². The van der Waals surface area contributed by atoms with Crippen molar-refractivity contribution in [3.8, 4) is 0 Å². The lowest BCUT2D eigenvalue weighted by atomic mass is 10.2. The molecular formula is C17H23N5O2. The van der Waals surface area contributed by atoms with Crippen LogP contribution in [0, 0.1) is 6.92 Å². The number of anilines is 1. The number of hydrogen-bond acceptors (Lipinski definition) is 7. The summed E-state index contributed by atoms with van der Waals surface area (Å²) in [7, 11) is 0. The van der Waals surface area contributed by atoms with Crippen LogP contribution in [0.2, 0.25) is 0 Å². The van der Waals surface area contributed by atoms with Gasteiger partial charge in [0.2, 0.25) is 5.89 Å². The second-order valence-electron chi connectivity index (χ2n) is 6.46. The Balaban J connectivity index is 1.46. The molecule has 0 N–H and O–H groups in total. The minimum atomic E-state index is 0.0122. The molecule has 7 heteroatoms. The topological polar surface area (TPSA) is 67.5 Å². The third kappa shape index (κ3) is 3.27. The Morgan fingerprint density at radius 2 is 2.08 bits per heavy atom. The molecule has 4 rings (SSSR count). The van der Waals surface area contributed by atoms with Crippen LogP contribution in [0.15, 0.2) is 22.9 Å². The molecule has 128 valence electrons. The van der Waals surface area contributed by atoms with Gasteiger partial charge in [-0.25, -0.2) is 4.98 Å². The Hall–Kier alpha value is -1.99. The molecule has 0 aliphatic carbocycles. The molecule has 4 heterocycles. The predicted octanol–water partition coefficient (Wildman–Crippen LogP) is 1.95. The largest absolute Gasteiger partial charge is 0.378 e. The standard InChI is InChI=1S/C17H23N5O2/c1-13-19-17(24-20-13)15-12-23-9-8-22(15)11-14-4-5-16(18-10-14)21-6-2-3-7-21/h4-5,10,15H,2-3,6-9,11-12H2,1H3. The average molecular weight is 329 g/mol. The lowest BCUT2D eigenvalue weighted by molar-refractivity contribution is -0.0241. The Morgan fingerprint density at radius 1 is 1.21 bits per heavy atom. The van der Waals surface area contributed by atoms with Crippen molar-refractivity contribution in [3.05, 3.63) is 35.6 Å². The highest BCUT2D eigenvalue weighted by molar-refractivity contribution is 5.40. The van der Waals surface area contributed by atoms with Gasteiger partial charge < -0.3 is 14.2 Å². The summed E-state index contributed by atoms with van der Waals surface area (Å²) in [5.41, 5.74) is 1.20. The van der Waals surface area contributed by atoms with Crippen molar-refractivity contribution in [2.24, 2.45) is 0 Å². The Morgan fingerprint density at radius 3 is 2.79 bits per heavy atom. The van der Waals surface area contributed by atoms with E-state index in [1.165, 1.54) is 18.4 Å². The third-order valence-corrected chi connectivity index (χ3v) is 4.69. The van der Waals surface area contributed by atoms with E-state index in [0.29, 0.717) is 18.3 Å². The molecule has 0 radical (unpaired) electrons. The summed E-state index contributed by atoms with van der Waals surface area (Å²) >= 11 is 0. The molecule has 2 saturated heterocycles. The quantitative estimate of drug-likeness (QED) is 0.849. The summed E-state index contributed by atoms with van der Waals surface area (Å²) in [6.45, 7) is 7.04. The fourth-order valence-corrected chi connectivity index (χ4v) is 3.38. The number of nitrogens with zero attached hydrogens (tertiary/aromatic N) is 5. The number of morpholine rings is 1. The molecule has 2 aromatic rings.